The van der Waals surface area contributed by atoms with Gasteiger partial charge in [-0.3, -0.25) is 14.9 Å². The maximum atomic E-state index is 12.5. The number of aliphatic hydroxyl groups is 1. The lowest BCUT2D eigenvalue weighted by Gasteiger charge is -2.34. The zero-order valence-electron chi connectivity index (χ0n) is 17.2. The molecule has 1 aliphatic heterocycles. The Kier molecular flexibility index (Phi) is 8.49. The second-order valence-corrected chi connectivity index (χ2v) is 8.35. The largest absolute Gasteiger partial charge is 0.505 e. The number of benzene rings is 1. The average Bonchev–Trinajstić information content (AvgIpc) is 3.19. The van der Waals surface area contributed by atoms with Crippen LogP contribution in [0.15, 0.2) is 12.1 Å². The van der Waals surface area contributed by atoms with Crippen molar-refractivity contribution in [3.63, 3.8) is 0 Å². The van der Waals surface area contributed by atoms with E-state index in [1.807, 2.05) is 0 Å². The number of phenols is 1. The van der Waals surface area contributed by atoms with Crippen LogP contribution in [0.4, 0.5) is 0 Å². The number of nitrogens with two attached hydrogens (primary N) is 1. The molecule has 1 aliphatic rings. The predicted molar refractivity (Wildman–Crippen MR) is 114 cm³/mol. The van der Waals surface area contributed by atoms with Gasteiger partial charge in [0, 0.05) is 11.6 Å². The number of carbonyl (C=O) groups excluding carboxylic acids is 2. The van der Waals surface area contributed by atoms with E-state index in [0.29, 0.717) is 0 Å². The first-order chi connectivity index (χ1) is 15.3. The number of aliphatic carboxylic acids is 2. The molecule has 0 bridgehead atoms. The van der Waals surface area contributed by atoms with E-state index < -0.39 is 59.3 Å². The quantitative estimate of drug-likeness (QED) is 0.216. The van der Waals surface area contributed by atoms with Gasteiger partial charge in [0.2, 0.25) is 0 Å². The smallest absolute Gasteiger partial charge is 0.328 e. The molecule has 0 radical (unpaired) electrons. The second-order valence-electron chi connectivity index (χ2n) is 7.54. The number of ether oxygens (including phenoxy) is 1. The molecular weight excluding hydrogens is 485 g/mol. The standard InChI is InChI=1S/C19H23Cl2N3O9/c1-33-18(32)19(14(26)12(22)17(30)31)3-2-8(24-19)6-11(16(28)29)23-15(27)7-4-9(20)13(25)10(21)5-7/h4-5,8,11-12,14,24-26H,2-3,6,22H2,1H3,(H,23,27)(H,28,29)(H,30,31)/t8-,11-,12+,14-,19+/m0/s1. The molecule has 0 saturated carbocycles. The Balaban J connectivity index is 2.19. The van der Waals surface area contributed by atoms with Gasteiger partial charge in [0.15, 0.2) is 5.75 Å². The van der Waals surface area contributed by atoms with Crippen molar-refractivity contribution in [2.75, 3.05) is 7.11 Å². The van der Waals surface area contributed by atoms with Crippen LogP contribution in [0.3, 0.4) is 0 Å². The van der Waals surface area contributed by atoms with Crippen molar-refractivity contribution in [2.45, 2.75) is 49.0 Å². The van der Waals surface area contributed by atoms with Crippen LogP contribution in [-0.2, 0) is 19.1 Å². The number of carboxylic acids is 2. The topological polar surface area (TPSA) is 209 Å². The average molecular weight is 508 g/mol. The summed E-state index contributed by atoms with van der Waals surface area (Å²) in [6.07, 6.45) is -2.04. The Bertz CT molecular complexity index is 937. The summed E-state index contributed by atoms with van der Waals surface area (Å²) in [5.41, 5.74) is 3.52. The Morgan fingerprint density at radius 3 is 2.30 bits per heavy atom. The third-order valence-electron chi connectivity index (χ3n) is 5.43. The minimum absolute atomic E-state index is 0.0874. The van der Waals surface area contributed by atoms with Crippen LogP contribution in [0.25, 0.3) is 0 Å². The van der Waals surface area contributed by atoms with Crippen molar-refractivity contribution in [1.29, 1.82) is 0 Å². The molecule has 1 fully saturated rings. The summed E-state index contributed by atoms with van der Waals surface area (Å²) < 4.78 is 4.70. The summed E-state index contributed by atoms with van der Waals surface area (Å²) in [6.45, 7) is 0. The number of aliphatic hydroxyl groups excluding tert-OH is 1. The maximum Gasteiger partial charge on any atom is 0.328 e. The third kappa shape index (κ3) is 5.65. The SMILES string of the molecule is COC(=O)[C@]1([C@@H](O)[C@@H](N)C(=O)O)CC[C@@H](C[C@H](NC(=O)c2cc(Cl)c(O)c(Cl)c2)C(=O)O)N1. The van der Waals surface area contributed by atoms with E-state index in [1.165, 1.54) is 0 Å². The molecule has 0 aliphatic carbocycles. The van der Waals surface area contributed by atoms with Crippen molar-refractivity contribution in [1.82, 2.24) is 10.6 Å². The number of carbonyl (C=O) groups is 4. The Labute approximate surface area is 197 Å². The molecular formula is C19H23Cl2N3O9. The normalized spacial score (nSPS) is 22.8. The molecule has 1 aromatic carbocycles. The molecule has 0 unspecified atom stereocenters. The number of carboxylic acid groups (broad SMARTS) is 2. The Hall–Kier alpha value is -2.64. The summed E-state index contributed by atoms with van der Waals surface area (Å²) in [5.74, 6) is -5.16. The number of phenolic OH excluding ortho intramolecular Hbond substituents is 1. The molecule has 12 nitrogen and oxygen atoms in total. The fourth-order valence-electron chi connectivity index (χ4n) is 3.67. The van der Waals surface area contributed by atoms with Gasteiger partial charge in [-0.1, -0.05) is 23.2 Å². The van der Waals surface area contributed by atoms with Crippen LogP contribution in [0.1, 0.15) is 29.6 Å². The Morgan fingerprint density at radius 1 is 1.24 bits per heavy atom. The van der Waals surface area contributed by atoms with E-state index in [4.69, 9.17) is 38.8 Å². The molecule has 0 spiro atoms. The van der Waals surface area contributed by atoms with Crippen molar-refractivity contribution < 1.29 is 44.3 Å². The van der Waals surface area contributed by atoms with Crippen molar-refractivity contribution in [3.05, 3.63) is 27.7 Å². The highest BCUT2D eigenvalue weighted by atomic mass is 35.5. The van der Waals surface area contributed by atoms with Crippen LogP contribution in [-0.4, -0.2) is 81.1 Å². The summed E-state index contributed by atoms with van der Waals surface area (Å²) in [5, 5.41) is 43.4. The van der Waals surface area contributed by atoms with Gasteiger partial charge in [0.05, 0.1) is 17.2 Å². The van der Waals surface area contributed by atoms with Gasteiger partial charge in [0.1, 0.15) is 23.7 Å². The lowest BCUT2D eigenvalue weighted by molar-refractivity contribution is -0.156. The van der Waals surface area contributed by atoms with Gasteiger partial charge in [-0.2, -0.15) is 0 Å². The number of aromatic hydroxyl groups is 1. The van der Waals surface area contributed by atoms with Gasteiger partial charge in [0.25, 0.3) is 5.91 Å². The highest BCUT2D eigenvalue weighted by Crippen LogP contribution is 2.33. The predicted octanol–water partition coefficient (Wildman–Crippen LogP) is -0.291. The second kappa shape index (κ2) is 10.5. The maximum absolute atomic E-state index is 12.5. The van der Waals surface area contributed by atoms with E-state index in [9.17, 15) is 34.5 Å². The number of hydrogen-bond acceptors (Lipinski definition) is 9. The number of nitrogens with one attached hydrogen (secondary N) is 2. The molecule has 1 aromatic rings. The first-order valence-electron chi connectivity index (χ1n) is 9.58. The number of amides is 1. The van der Waals surface area contributed by atoms with E-state index >= 15 is 0 Å². The summed E-state index contributed by atoms with van der Waals surface area (Å²) in [7, 11) is 1.05. The molecule has 1 amide bonds. The molecule has 2 rings (SSSR count). The summed E-state index contributed by atoms with van der Waals surface area (Å²) in [6, 6.07) is -1.77. The van der Waals surface area contributed by atoms with Gasteiger partial charge in [-0.05, 0) is 31.4 Å². The lowest BCUT2D eigenvalue weighted by atomic mass is 9.86. The molecule has 33 heavy (non-hydrogen) atoms. The number of methoxy groups -OCH3 is 1. The van der Waals surface area contributed by atoms with Gasteiger partial charge >= 0.3 is 17.9 Å². The number of rotatable bonds is 9. The minimum Gasteiger partial charge on any atom is -0.505 e. The number of hydrogen-bond donors (Lipinski definition) is 7. The van der Waals surface area contributed by atoms with E-state index in [-0.39, 0.29) is 34.9 Å². The van der Waals surface area contributed by atoms with E-state index in [2.05, 4.69) is 10.6 Å². The molecule has 5 atom stereocenters. The molecule has 0 aromatic heterocycles. The van der Waals surface area contributed by atoms with Gasteiger partial charge < -0.3 is 36.2 Å². The van der Waals surface area contributed by atoms with Crippen molar-refractivity contribution >= 4 is 47.0 Å². The highest BCUT2D eigenvalue weighted by Gasteiger charge is 2.54. The molecule has 14 heteroatoms. The van der Waals surface area contributed by atoms with Crippen LogP contribution in [0.2, 0.25) is 10.0 Å². The van der Waals surface area contributed by atoms with Crippen LogP contribution in [0, 0.1) is 0 Å². The van der Waals surface area contributed by atoms with Gasteiger partial charge in [-0.15, -0.1) is 0 Å². The fraction of sp³-hybridized carbons (Fsp3) is 0.474. The fourth-order valence-corrected chi connectivity index (χ4v) is 4.16. The minimum atomic E-state index is -1.87. The zero-order valence-corrected chi connectivity index (χ0v) is 18.8. The van der Waals surface area contributed by atoms with E-state index in [0.717, 1.165) is 19.2 Å². The van der Waals surface area contributed by atoms with Crippen LogP contribution in [0.5, 0.6) is 5.75 Å². The highest BCUT2D eigenvalue weighted by molar-refractivity contribution is 6.37. The molecule has 1 saturated heterocycles. The number of esters is 1. The Morgan fingerprint density at radius 2 is 1.82 bits per heavy atom. The van der Waals surface area contributed by atoms with Gasteiger partial charge in [-0.25, -0.2) is 9.59 Å². The summed E-state index contributed by atoms with van der Waals surface area (Å²) >= 11 is 11.6. The first-order valence-corrected chi connectivity index (χ1v) is 10.3. The van der Waals surface area contributed by atoms with Crippen LogP contribution < -0.4 is 16.4 Å². The third-order valence-corrected chi connectivity index (χ3v) is 6.01. The summed E-state index contributed by atoms with van der Waals surface area (Å²) in [4.78, 5) is 47.9. The number of halogens is 2. The van der Waals surface area contributed by atoms with Crippen molar-refractivity contribution in [2.24, 2.45) is 5.73 Å². The van der Waals surface area contributed by atoms with Crippen molar-refractivity contribution in [3.8, 4) is 5.75 Å². The van der Waals surface area contributed by atoms with Crippen LogP contribution >= 0.6 is 23.2 Å². The molecule has 1 heterocycles. The molecule has 182 valence electrons. The van der Waals surface area contributed by atoms with E-state index in [1.54, 1.807) is 0 Å². The zero-order chi connectivity index (χ0) is 25.1. The lowest BCUT2D eigenvalue weighted by Crippen LogP contribution is -2.65. The monoisotopic (exact) mass is 507 g/mol. The molecule has 8 N–H and O–H groups in total. The first kappa shape index (κ1) is 26.6.